The Hall–Kier alpha value is -2.83. The molecule has 0 spiro atoms. The largest absolute Gasteiger partial charge is 0.466 e. The van der Waals surface area contributed by atoms with E-state index >= 15 is 0 Å². The standard InChI is InChI=1S/C19H23N3O4/c1-12-10-16(14(3)26-12)13(2)20-19(23)15-6-7-17(18(11-15)22(24)25)21-8-4-5-9-21/h6-7,10-11,13H,4-5,8-9H2,1-3H3,(H,20,23). The maximum Gasteiger partial charge on any atom is 0.293 e. The summed E-state index contributed by atoms with van der Waals surface area (Å²) in [6.45, 7) is 7.18. The van der Waals surface area contributed by atoms with Crippen LogP contribution in [0.1, 0.15) is 53.2 Å². The Kier molecular flexibility index (Phi) is 4.97. The molecule has 1 amide bonds. The Bertz CT molecular complexity index is 837. The molecule has 0 saturated carbocycles. The lowest BCUT2D eigenvalue weighted by Gasteiger charge is -2.18. The third-order valence-corrected chi connectivity index (χ3v) is 4.77. The van der Waals surface area contributed by atoms with Gasteiger partial charge in [0.1, 0.15) is 17.2 Å². The van der Waals surface area contributed by atoms with Crippen LogP contribution in [0.2, 0.25) is 0 Å². The predicted molar refractivity (Wildman–Crippen MR) is 98.6 cm³/mol. The third kappa shape index (κ3) is 3.56. The molecule has 0 radical (unpaired) electrons. The SMILES string of the molecule is Cc1cc(C(C)NC(=O)c2ccc(N3CCCC3)c([N+](=O)[O-])c2)c(C)o1. The summed E-state index contributed by atoms with van der Waals surface area (Å²) >= 11 is 0. The molecule has 3 rings (SSSR count). The number of anilines is 1. The molecule has 26 heavy (non-hydrogen) atoms. The van der Waals surface area contributed by atoms with Gasteiger partial charge in [-0.3, -0.25) is 14.9 Å². The van der Waals surface area contributed by atoms with Crippen molar-refractivity contribution in [3.05, 3.63) is 57.0 Å². The molecule has 1 aromatic heterocycles. The van der Waals surface area contributed by atoms with Crippen molar-refractivity contribution in [3.63, 3.8) is 0 Å². The van der Waals surface area contributed by atoms with Crippen molar-refractivity contribution in [2.75, 3.05) is 18.0 Å². The second-order valence-electron chi connectivity index (χ2n) is 6.72. The molecule has 2 heterocycles. The Morgan fingerprint density at radius 2 is 1.96 bits per heavy atom. The van der Waals surface area contributed by atoms with Gasteiger partial charge in [-0.2, -0.15) is 0 Å². The van der Waals surface area contributed by atoms with E-state index in [1.165, 1.54) is 6.07 Å². The number of carbonyl (C=O) groups excluding carboxylic acids is 1. The molecule has 0 bridgehead atoms. The molecular weight excluding hydrogens is 334 g/mol. The number of hydrogen-bond acceptors (Lipinski definition) is 5. The maximum atomic E-state index is 12.6. The van der Waals surface area contributed by atoms with E-state index in [9.17, 15) is 14.9 Å². The predicted octanol–water partition coefficient (Wildman–Crippen LogP) is 3.90. The van der Waals surface area contributed by atoms with Crippen LogP contribution < -0.4 is 10.2 Å². The number of nitrogens with zero attached hydrogens (tertiary/aromatic N) is 2. The van der Waals surface area contributed by atoms with Gasteiger partial charge in [-0.1, -0.05) is 0 Å². The zero-order chi connectivity index (χ0) is 18.8. The van der Waals surface area contributed by atoms with Gasteiger partial charge < -0.3 is 14.6 Å². The number of carbonyl (C=O) groups is 1. The monoisotopic (exact) mass is 357 g/mol. The fraction of sp³-hybridized carbons (Fsp3) is 0.421. The average Bonchev–Trinajstić information content (AvgIpc) is 3.23. The zero-order valence-corrected chi connectivity index (χ0v) is 15.2. The number of nitrogens with one attached hydrogen (secondary N) is 1. The highest BCUT2D eigenvalue weighted by Gasteiger charge is 2.24. The van der Waals surface area contributed by atoms with Gasteiger partial charge in [-0.05, 0) is 51.8 Å². The molecule has 1 fully saturated rings. The smallest absolute Gasteiger partial charge is 0.293 e. The quantitative estimate of drug-likeness (QED) is 0.648. The van der Waals surface area contributed by atoms with E-state index in [1.54, 1.807) is 12.1 Å². The fourth-order valence-corrected chi connectivity index (χ4v) is 3.47. The number of aryl methyl sites for hydroxylation is 2. The van der Waals surface area contributed by atoms with Crippen molar-refractivity contribution in [3.8, 4) is 0 Å². The summed E-state index contributed by atoms with van der Waals surface area (Å²) in [4.78, 5) is 25.6. The lowest BCUT2D eigenvalue weighted by atomic mass is 10.1. The van der Waals surface area contributed by atoms with Crippen LogP contribution in [0.5, 0.6) is 0 Å². The highest BCUT2D eigenvalue weighted by molar-refractivity contribution is 5.96. The molecule has 2 aromatic rings. The highest BCUT2D eigenvalue weighted by atomic mass is 16.6. The first kappa shape index (κ1) is 18.0. The Morgan fingerprint density at radius 3 is 2.54 bits per heavy atom. The van der Waals surface area contributed by atoms with Crippen molar-refractivity contribution in [1.82, 2.24) is 5.32 Å². The summed E-state index contributed by atoms with van der Waals surface area (Å²) < 4.78 is 5.50. The first-order valence-corrected chi connectivity index (χ1v) is 8.78. The molecule has 1 unspecified atom stereocenters. The van der Waals surface area contributed by atoms with Crippen LogP contribution in [-0.4, -0.2) is 23.9 Å². The summed E-state index contributed by atoms with van der Waals surface area (Å²) in [5.74, 6) is 1.20. The van der Waals surface area contributed by atoms with Crippen LogP contribution in [0, 0.1) is 24.0 Å². The fourth-order valence-electron chi connectivity index (χ4n) is 3.47. The molecule has 1 N–H and O–H groups in total. The minimum Gasteiger partial charge on any atom is -0.466 e. The number of nitro benzene ring substituents is 1. The van der Waals surface area contributed by atoms with Gasteiger partial charge >= 0.3 is 0 Å². The van der Waals surface area contributed by atoms with Crippen LogP contribution >= 0.6 is 0 Å². The number of nitro groups is 1. The van der Waals surface area contributed by atoms with Gasteiger partial charge in [0.05, 0.1) is 11.0 Å². The molecule has 1 aliphatic rings. The Balaban J connectivity index is 1.82. The van der Waals surface area contributed by atoms with E-state index in [1.807, 2.05) is 31.7 Å². The van der Waals surface area contributed by atoms with Gasteiger partial charge in [-0.25, -0.2) is 0 Å². The molecule has 0 aliphatic carbocycles. The van der Waals surface area contributed by atoms with Gasteiger partial charge in [0.2, 0.25) is 0 Å². The lowest BCUT2D eigenvalue weighted by molar-refractivity contribution is -0.384. The molecule has 1 saturated heterocycles. The van der Waals surface area contributed by atoms with Crippen molar-refractivity contribution < 1.29 is 14.1 Å². The molecule has 7 heteroatoms. The van der Waals surface area contributed by atoms with Crippen molar-refractivity contribution in [2.24, 2.45) is 0 Å². The Morgan fingerprint density at radius 1 is 1.27 bits per heavy atom. The molecule has 138 valence electrons. The van der Waals surface area contributed by atoms with E-state index in [2.05, 4.69) is 5.32 Å². The van der Waals surface area contributed by atoms with E-state index in [0.29, 0.717) is 5.69 Å². The summed E-state index contributed by atoms with van der Waals surface area (Å²) in [7, 11) is 0. The minimum atomic E-state index is -0.419. The van der Waals surface area contributed by atoms with Gasteiger partial charge in [-0.15, -0.1) is 0 Å². The topological polar surface area (TPSA) is 88.6 Å². The zero-order valence-electron chi connectivity index (χ0n) is 15.2. The third-order valence-electron chi connectivity index (χ3n) is 4.77. The summed E-state index contributed by atoms with van der Waals surface area (Å²) in [6, 6.07) is 6.33. The van der Waals surface area contributed by atoms with Crippen molar-refractivity contribution in [2.45, 2.75) is 39.7 Å². The van der Waals surface area contributed by atoms with E-state index in [4.69, 9.17) is 4.42 Å². The first-order valence-electron chi connectivity index (χ1n) is 8.78. The summed E-state index contributed by atoms with van der Waals surface area (Å²) in [5, 5.41) is 14.4. The number of benzene rings is 1. The van der Waals surface area contributed by atoms with E-state index < -0.39 is 4.92 Å². The highest BCUT2D eigenvalue weighted by Crippen LogP contribution is 2.32. The van der Waals surface area contributed by atoms with Crippen LogP contribution in [0.3, 0.4) is 0 Å². The van der Waals surface area contributed by atoms with Crippen molar-refractivity contribution >= 4 is 17.3 Å². The molecule has 1 aliphatic heterocycles. The second kappa shape index (κ2) is 7.19. The van der Waals surface area contributed by atoms with Crippen LogP contribution in [-0.2, 0) is 0 Å². The van der Waals surface area contributed by atoms with Gasteiger partial charge in [0.25, 0.3) is 11.6 Å². The molecule has 1 atom stereocenters. The van der Waals surface area contributed by atoms with E-state index in [0.717, 1.165) is 43.0 Å². The Labute approximate surface area is 152 Å². The minimum absolute atomic E-state index is 0.0254. The number of amides is 1. The van der Waals surface area contributed by atoms with Crippen LogP contribution in [0.15, 0.2) is 28.7 Å². The number of furan rings is 1. The molecule has 1 aromatic carbocycles. The second-order valence-corrected chi connectivity index (χ2v) is 6.72. The molecule has 7 nitrogen and oxygen atoms in total. The van der Waals surface area contributed by atoms with Crippen LogP contribution in [0.25, 0.3) is 0 Å². The summed E-state index contributed by atoms with van der Waals surface area (Å²) in [6.07, 6.45) is 2.06. The van der Waals surface area contributed by atoms with E-state index in [-0.39, 0.29) is 23.2 Å². The first-order chi connectivity index (χ1) is 12.4. The van der Waals surface area contributed by atoms with Gasteiger partial charge in [0.15, 0.2) is 0 Å². The lowest BCUT2D eigenvalue weighted by Crippen LogP contribution is -2.27. The van der Waals surface area contributed by atoms with Crippen molar-refractivity contribution in [1.29, 1.82) is 0 Å². The van der Waals surface area contributed by atoms with Crippen LogP contribution in [0.4, 0.5) is 11.4 Å². The molecular formula is C19H23N3O4. The normalized spacial score (nSPS) is 15.1. The summed E-state index contributed by atoms with van der Waals surface area (Å²) in [5.41, 5.74) is 1.74. The number of hydrogen-bond donors (Lipinski definition) is 1. The maximum absolute atomic E-state index is 12.6. The number of rotatable bonds is 5. The average molecular weight is 357 g/mol. The van der Waals surface area contributed by atoms with Gasteiger partial charge in [0, 0.05) is 30.3 Å².